The lowest BCUT2D eigenvalue weighted by atomic mass is 10.0. The molecule has 0 saturated carbocycles. The summed E-state index contributed by atoms with van der Waals surface area (Å²) in [4.78, 5) is 0. The van der Waals surface area contributed by atoms with Crippen LogP contribution in [0, 0.1) is 12.7 Å². The monoisotopic (exact) mass is 308 g/mol. The zero-order valence-corrected chi connectivity index (χ0v) is 13.1. The van der Waals surface area contributed by atoms with Gasteiger partial charge in [-0.2, -0.15) is 0 Å². The zero-order chi connectivity index (χ0) is 15.4. The number of hydrogen-bond donors (Lipinski definition) is 0. The van der Waals surface area contributed by atoms with Crippen LogP contribution in [0.5, 0.6) is 11.5 Å². The maximum absolute atomic E-state index is 13.3. The van der Waals surface area contributed by atoms with Gasteiger partial charge in [0.25, 0.3) is 0 Å². The molecule has 2 aromatic rings. The van der Waals surface area contributed by atoms with Crippen LogP contribution in [0.25, 0.3) is 0 Å². The molecule has 0 radical (unpaired) electrons. The van der Waals surface area contributed by atoms with Crippen molar-refractivity contribution >= 4 is 11.6 Å². The highest BCUT2D eigenvalue weighted by molar-refractivity contribution is 6.20. The van der Waals surface area contributed by atoms with Gasteiger partial charge in [0.2, 0.25) is 0 Å². The van der Waals surface area contributed by atoms with Gasteiger partial charge < -0.3 is 9.47 Å². The number of benzene rings is 2. The molecule has 0 spiro atoms. The zero-order valence-electron chi connectivity index (χ0n) is 12.3. The fourth-order valence-corrected chi connectivity index (χ4v) is 2.51. The van der Waals surface area contributed by atoms with Gasteiger partial charge in [-0.1, -0.05) is 18.2 Å². The predicted octanol–water partition coefficient (Wildman–Crippen LogP) is 4.67. The topological polar surface area (TPSA) is 18.5 Å². The largest absolute Gasteiger partial charge is 0.493 e. The lowest BCUT2D eigenvalue weighted by Gasteiger charge is -2.13. The SMILES string of the molecule is COc1ccc(CC(Cl)c2ccc(F)c(C)c2)cc1OC. The molecule has 0 aromatic heterocycles. The van der Waals surface area contributed by atoms with E-state index in [0.717, 1.165) is 11.1 Å². The summed E-state index contributed by atoms with van der Waals surface area (Å²) in [6.45, 7) is 1.73. The summed E-state index contributed by atoms with van der Waals surface area (Å²) in [7, 11) is 3.20. The van der Waals surface area contributed by atoms with E-state index >= 15 is 0 Å². The van der Waals surface area contributed by atoms with Crippen LogP contribution in [0.4, 0.5) is 4.39 Å². The second-order valence-electron chi connectivity index (χ2n) is 4.87. The smallest absolute Gasteiger partial charge is 0.160 e. The first-order valence-corrected chi connectivity index (χ1v) is 7.09. The van der Waals surface area contributed by atoms with Gasteiger partial charge >= 0.3 is 0 Å². The summed E-state index contributed by atoms with van der Waals surface area (Å²) in [6, 6.07) is 10.7. The molecule has 2 aromatic carbocycles. The number of aryl methyl sites for hydroxylation is 1. The lowest BCUT2D eigenvalue weighted by Crippen LogP contribution is -1.99. The summed E-state index contributed by atoms with van der Waals surface area (Å²) >= 11 is 6.44. The second-order valence-corrected chi connectivity index (χ2v) is 5.40. The van der Waals surface area contributed by atoms with E-state index in [-0.39, 0.29) is 11.2 Å². The average Bonchev–Trinajstić information content (AvgIpc) is 2.49. The highest BCUT2D eigenvalue weighted by Crippen LogP contribution is 2.31. The normalized spacial score (nSPS) is 12.0. The molecule has 4 heteroatoms. The van der Waals surface area contributed by atoms with E-state index in [4.69, 9.17) is 21.1 Å². The van der Waals surface area contributed by atoms with Crippen LogP contribution in [0.2, 0.25) is 0 Å². The average molecular weight is 309 g/mol. The quantitative estimate of drug-likeness (QED) is 0.747. The molecule has 112 valence electrons. The maximum atomic E-state index is 13.3. The molecule has 0 N–H and O–H groups in total. The van der Waals surface area contributed by atoms with Gasteiger partial charge in [0.1, 0.15) is 5.82 Å². The van der Waals surface area contributed by atoms with E-state index in [0.29, 0.717) is 23.5 Å². The molecule has 1 unspecified atom stereocenters. The first-order valence-electron chi connectivity index (χ1n) is 6.66. The molecule has 21 heavy (non-hydrogen) atoms. The van der Waals surface area contributed by atoms with Crippen molar-refractivity contribution in [2.45, 2.75) is 18.7 Å². The van der Waals surface area contributed by atoms with Crippen molar-refractivity contribution in [3.8, 4) is 11.5 Å². The van der Waals surface area contributed by atoms with Crippen LogP contribution < -0.4 is 9.47 Å². The Labute approximate surface area is 129 Å². The van der Waals surface area contributed by atoms with Gasteiger partial charge in [0.05, 0.1) is 19.6 Å². The predicted molar refractivity (Wildman–Crippen MR) is 83.0 cm³/mol. The molecule has 0 aliphatic rings. The van der Waals surface area contributed by atoms with Crippen LogP contribution in [-0.2, 0) is 6.42 Å². The highest BCUT2D eigenvalue weighted by atomic mass is 35.5. The number of methoxy groups -OCH3 is 2. The molecule has 0 amide bonds. The first-order chi connectivity index (χ1) is 10.0. The number of alkyl halides is 1. The molecule has 2 nitrogen and oxygen atoms in total. The second kappa shape index (κ2) is 6.81. The Bertz CT molecular complexity index is 628. The van der Waals surface area contributed by atoms with E-state index in [2.05, 4.69) is 0 Å². The Morgan fingerprint density at radius 2 is 1.76 bits per heavy atom. The van der Waals surface area contributed by atoms with Crippen molar-refractivity contribution < 1.29 is 13.9 Å². The Hall–Kier alpha value is -1.74. The van der Waals surface area contributed by atoms with Crippen molar-refractivity contribution in [2.24, 2.45) is 0 Å². The third kappa shape index (κ3) is 3.67. The van der Waals surface area contributed by atoms with Gasteiger partial charge in [-0.3, -0.25) is 0 Å². The van der Waals surface area contributed by atoms with Gasteiger partial charge in [-0.15, -0.1) is 11.6 Å². The Morgan fingerprint density at radius 1 is 1.05 bits per heavy atom. The number of hydrogen-bond acceptors (Lipinski definition) is 2. The summed E-state index contributed by atoms with van der Waals surface area (Å²) in [5.41, 5.74) is 2.55. The Balaban J connectivity index is 2.18. The standard InChI is InChI=1S/C17H18ClFO2/c1-11-8-13(5-6-15(11)19)14(18)9-12-4-7-16(20-2)17(10-12)21-3/h4-8,10,14H,9H2,1-3H3. The van der Waals surface area contributed by atoms with E-state index in [1.54, 1.807) is 33.3 Å². The lowest BCUT2D eigenvalue weighted by molar-refractivity contribution is 0.354. The van der Waals surface area contributed by atoms with Crippen molar-refractivity contribution in [3.63, 3.8) is 0 Å². The van der Waals surface area contributed by atoms with E-state index in [1.807, 2.05) is 18.2 Å². The molecule has 0 saturated heterocycles. The van der Waals surface area contributed by atoms with Crippen LogP contribution in [0.1, 0.15) is 22.1 Å². The summed E-state index contributed by atoms with van der Waals surface area (Å²) in [5.74, 6) is 1.15. The molecular weight excluding hydrogens is 291 g/mol. The molecule has 0 fully saturated rings. The van der Waals surface area contributed by atoms with Crippen molar-refractivity contribution in [1.82, 2.24) is 0 Å². The molecule has 0 aliphatic heterocycles. The van der Waals surface area contributed by atoms with Crippen molar-refractivity contribution in [3.05, 3.63) is 58.9 Å². The van der Waals surface area contributed by atoms with Gasteiger partial charge in [0, 0.05) is 0 Å². The van der Waals surface area contributed by atoms with Crippen molar-refractivity contribution in [1.29, 1.82) is 0 Å². The minimum absolute atomic E-state index is 0.214. The minimum Gasteiger partial charge on any atom is -0.493 e. The van der Waals surface area contributed by atoms with Crippen LogP contribution >= 0.6 is 11.6 Å². The Morgan fingerprint density at radius 3 is 2.38 bits per heavy atom. The number of rotatable bonds is 5. The highest BCUT2D eigenvalue weighted by Gasteiger charge is 2.12. The first kappa shape index (κ1) is 15.6. The summed E-state index contributed by atoms with van der Waals surface area (Å²) < 4.78 is 23.8. The van der Waals surface area contributed by atoms with Gasteiger partial charge in [-0.25, -0.2) is 4.39 Å². The van der Waals surface area contributed by atoms with Gasteiger partial charge in [-0.05, 0) is 48.2 Å². The minimum atomic E-state index is -0.220. The Kier molecular flexibility index (Phi) is 5.07. The molecule has 1 atom stereocenters. The van der Waals surface area contributed by atoms with Crippen molar-refractivity contribution in [2.75, 3.05) is 14.2 Å². The number of halogens is 2. The van der Waals surface area contributed by atoms with E-state index < -0.39 is 0 Å². The third-order valence-electron chi connectivity index (χ3n) is 3.41. The van der Waals surface area contributed by atoms with Gasteiger partial charge in [0.15, 0.2) is 11.5 Å². The van der Waals surface area contributed by atoms with Crippen LogP contribution in [0.15, 0.2) is 36.4 Å². The third-order valence-corrected chi connectivity index (χ3v) is 3.81. The molecule has 0 heterocycles. The molecule has 0 bridgehead atoms. The van der Waals surface area contributed by atoms with E-state index in [1.165, 1.54) is 6.07 Å². The maximum Gasteiger partial charge on any atom is 0.160 e. The summed E-state index contributed by atoms with van der Waals surface area (Å²) in [6.07, 6.45) is 0.632. The fourth-order valence-electron chi connectivity index (χ4n) is 2.20. The molecular formula is C17H18ClFO2. The van der Waals surface area contributed by atoms with Crippen LogP contribution in [-0.4, -0.2) is 14.2 Å². The van der Waals surface area contributed by atoms with Crippen LogP contribution in [0.3, 0.4) is 0 Å². The molecule has 2 rings (SSSR count). The summed E-state index contributed by atoms with van der Waals surface area (Å²) in [5, 5.41) is -0.220. The molecule has 0 aliphatic carbocycles. The fraction of sp³-hybridized carbons (Fsp3) is 0.294. The number of ether oxygens (including phenoxy) is 2. The van der Waals surface area contributed by atoms with E-state index in [9.17, 15) is 4.39 Å².